The third-order valence-electron chi connectivity index (χ3n) is 1.20. The number of thioether (sulfide) groups is 1. The Morgan fingerprint density at radius 1 is 1.73 bits per heavy atom. The van der Waals surface area contributed by atoms with E-state index in [1.54, 1.807) is 11.8 Å². The quantitative estimate of drug-likeness (QED) is 0.453. The van der Waals surface area contributed by atoms with E-state index in [-0.39, 0.29) is 0 Å². The standard InChI is InChI=1S/C6H14N2O2S/c1-2-11-4-3-5(7)6(9)10-8/h5H,2-4,7-8H2,1H3. The fourth-order valence-corrected chi connectivity index (χ4v) is 1.27. The normalized spacial score (nSPS) is 12.6. The molecule has 0 amide bonds. The highest BCUT2D eigenvalue weighted by atomic mass is 32.2. The zero-order valence-corrected chi connectivity index (χ0v) is 7.39. The van der Waals surface area contributed by atoms with Crippen molar-refractivity contribution >= 4 is 17.7 Å². The van der Waals surface area contributed by atoms with Gasteiger partial charge in [0.1, 0.15) is 6.04 Å². The van der Waals surface area contributed by atoms with Crippen LogP contribution in [-0.2, 0) is 9.63 Å². The lowest BCUT2D eigenvalue weighted by Gasteiger charge is -2.06. The molecule has 5 heteroatoms. The smallest absolute Gasteiger partial charge is 0.341 e. The molecule has 0 spiro atoms. The van der Waals surface area contributed by atoms with Gasteiger partial charge in [-0.3, -0.25) is 0 Å². The van der Waals surface area contributed by atoms with Crippen LogP contribution in [-0.4, -0.2) is 23.5 Å². The molecule has 0 aliphatic heterocycles. The number of hydrogen-bond acceptors (Lipinski definition) is 5. The van der Waals surface area contributed by atoms with Crippen LogP contribution in [0.15, 0.2) is 0 Å². The van der Waals surface area contributed by atoms with E-state index in [9.17, 15) is 4.79 Å². The van der Waals surface area contributed by atoms with Crippen LogP contribution in [0, 0.1) is 0 Å². The predicted molar refractivity (Wildman–Crippen MR) is 45.9 cm³/mol. The zero-order valence-electron chi connectivity index (χ0n) is 6.58. The van der Waals surface area contributed by atoms with Gasteiger partial charge in [0, 0.05) is 0 Å². The second-order valence-electron chi connectivity index (χ2n) is 2.03. The van der Waals surface area contributed by atoms with Gasteiger partial charge in [0.05, 0.1) is 0 Å². The minimum absolute atomic E-state index is 0.540. The van der Waals surface area contributed by atoms with Crippen LogP contribution in [0.25, 0.3) is 0 Å². The lowest BCUT2D eigenvalue weighted by atomic mass is 10.2. The summed E-state index contributed by atoms with van der Waals surface area (Å²) in [6.45, 7) is 2.05. The molecule has 0 fully saturated rings. The van der Waals surface area contributed by atoms with E-state index in [1.165, 1.54) is 0 Å². The molecule has 0 bridgehead atoms. The van der Waals surface area contributed by atoms with Gasteiger partial charge in [-0.1, -0.05) is 6.92 Å². The summed E-state index contributed by atoms with van der Waals surface area (Å²) >= 11 is 1.74. The first-order chi connectivity index (χ1) is 5.22. The number of hydrogen-bond donors (Lipinski definition) is 2. The lowest BCUT2D eigenvalue weighted by molar-refractivity contribution is -0.145. The Balaban J connectivity index is 3.36. The zero-order chi connectivity index (χ0) is 8.69. The molecule has 0 aliphatic rings. The molecule has 1 atom stereocenters. The van der Waals surface area contributed by atoms with Gasteiger partial charge in [-0.15, -0.1) is 0 Å². The highest BCUT2D eigenvalue weighted by Crippen LogP contribution is 2.02. The first kappa shape index (κ1) is 10.7. The fourth-order valence-electron chi connectivity index (χ4n) is 0.560. The van der Waals surface area contributed by atoms with E-state index in [0.717, 1.165) is 11.5 Å². The topological polar surface area (TPSA) is 78.3 Å². The Morgan fingerprint density at radius 2 is 2.36 bits per heavy atom. The average molecular weight is 178 g/mol. The molecule has 1 unspecified atom stereocenters. The molecule has 0 rings (SSSR count). The van der Waals surface area contributed by atoms with E-state index >= 15 is 0 Å². The van der Waals surface area contributed by atoms with E-state index in [4.69, 9.17) is 5.73 Å². The van der Waals surface area contributed by atoms with Crippen molar-refractivity contribution in [3.05, 3.63) is 0 Å². The van der Waals surface area contributed by atoms with Crippen LogP contribution in [0.2, 0.25) is 0 Å². The molecular weight excluding hydrogens is 164 g/mol. The molecule has 4 N–H and O–H groups in total. The first-order valence-corrected chi connectivity index (χ1v) is 4.61. The van der Waals surface area contributed by atoms with Crippen molar-refractivity contribution in [2.24, 2.45) is 11.6 Å². The molecule has 0 aromatic heterocycles. The maximum absolute atomic E-state index is 10.6. The maximum Gasteiger partial charge on any atom is 0.341 e. The van der Waals surface area contributed by atoms with Crippen molar-refractivity contribution in [3.63, 3.8) is 0 Å². The Labute approximate surface area is 70.6 Å². The van der Waals surface area contributed by atoms with Crippen LogP contribution in [0.5, 0.6) is 0 Å². The van der Waals surface area contributed by atoms with Crippen LogP contribution in [0.4, 0.5) is 0 Å². The number of carbonyl (C=O) groups excluding carboxylic acids is 1. The van der Waals surface area contributed by atoms with Crippen molar-refractivity contribution in [3.8, 4) is 0 Å². The largest absolute Gasteiger partial charge is 0.372 e. The van der Waals surface area contributed by atoms with E-state index in [1.807, 2.05) is 0 Å². The highest BCUT2D eigenvalue weighted by Gasteiger charge is 2.12. The van der Waals surface area contributed by atoms with Gasteiger partial charge in [-0.25, -0.2) is 4.79 Å². The van der Waals surface area contributed by atoms with Gasteiger partial charge in [-0.05, 0) is 17.9 Å². The second-order valence-corrected chi connectivity index (χ2v) is 3.42. The molecule has 0 aliphatic carbocycles. The predicted octanol–water partition coefficient (Wildman–Crippen LogP) is -0.126. The second kappa shape index (κ2) is 6.45. The summed E-state index contributed by atoms with van der Waals surface area (Å²) in [4.78, 5) is 14.6. The summed E-state index contributed by atoms with van der Waals surface area (Å²) in [6, 6.07) is -0.570. The van der Waals surface area contributed by atoms with Crippen LogP contribution >= 0.6 is 11.8 Å². The van der Waals surface area contributed by atoms with E-state index in [2.05, 4.69) is 17.7 Å². The molecule has 0 radical (unpaired) electrons. The summed E-state index contributed by atoms with van der Waals surface area (Å²) < 4.78 is 0. The van der Waals surface area contributed by atoms with Gasteiger partial charge in [0.2, 0.25) is 0 Å². The van der Waals surface area contributed by atoms with Gasteiger partial charge >= 0.3 is 5.97 Å². The fraction of sp³-hybridized carbons (Fsp3) is 0.833. The Morgan fingerprint density at radius 3 is 2.82 bits per heavy atom. The van der Waals surface area contributed by atoms with Crippen molar-refractivity contribution in [2.75, 3.05) is 11.5 Å². The van der Waals surface area contributed by atoms with Crippen LogP contribution < -0.4 is 11.6 Å². The molecular formula is C6H14N2O2S. The van der Waals surface area contributed by atoms with Gasteiger partial charge in [0.25, 0.3) is 0 Å². The minimum atomic E-state index is -0.570. The molecule has 0 saturated carbocycles. The van der Waals surface area contributed by atoms with Crippen molar-refractivity contribution in [2.45, 2.75) is 19.4 Å². The van der Waals surface area contributed by atoms with Gasteiger partial charge < -0.3 is 10.6 Å². The molecule has 11 heavy (non-hydrogen) atoms. The Kier molecular flexibility index (Phi) is 6.30. The molecule has 4 nitrogen and oxygen atoms in total. The summed E-state index contributed by atoms with van der Waals surface area (Å²) in [5.74, 6) is 6.00. The summed E-state index contributed by atoms with van der Waals surface area (Å²) in [6.07, 6.45) is 0.620. The third kappa shape index (κ3) is 5.06. The van der Waals surface area contributed by atoms with Crippen LogP contribution in [0.1, 0.15) is 13.3 Å². The van der Waals surface area contributed by atoms with E-state index < -0.39 is 12.0 Å². The third-order valence-corrected chi connectivity index (χ3v) is 2.13. The highest BCUT2D eigenvalue weighted by molar-refractivity contribution is 7.99. The Bertz CT molecular complexity index is 121. The average Bonchev–Trinajstić information content (AvgIpc) is 2.03. The minimum Gasteiger partial charge on any atom is -0.372 e. The molecule has 0 aromatic carbocycles. The monoisotopic (exact) mass is 178 g/mol. The van der Waals surface area contributed by atoms with Crippen LogP contribution in [0.3, 0.4) is 0 Å². The van der Waals surface area contributed by atoms with E-state index in [0.29, 0.717) is 6.42 Å². The summed E-state index contributed by atoms with van der Waals surface area (Å²) in [7, 11) is 0. The summed E-state index contributed by atoms with van der Waals surface area (Å²) in [5, 5.41) is 0. The van der Waals surface area contributed by atoms with Gasteiger partial charge in [0.15, 0.2) is 0 Å². The molecule has 0 saturated heterocycles. The molecule has 66 valence electrons. The summed E-state index contributed by atoms with van der Waals surface area (Å²) in [5.41, 5.74) is 5.40. The van der Waals surface area contributed by atoms with Gasteiger partial charge in [-0.2, -0.15) is 17.7 Å². The van der Waals surface area contributed by atoms with Crippen molar-refractivity contribution in [1.82, 2.24) is 0 Å². The maximum atomic E-state index is 10.6. The SMILES string of the molecule is CCSCCC(N)C(=O)ON. The first-order valence-electron chi connectivity index (χ1n) is 3.46. The Hall–Kier alpha value is -0.260. The molecule has 0 aromatic rings. The number of nitrogens with two attached hydrogens (primary N) is 2. The lowest BCUT2D eigenvalue weighted by Crippen LogP contribution is -2.34. The van der Waals surface area contributed by atoms with Crippen molar-refractivity contribution < 1.29 is 9.63 Å². The number of carbonyl (C=O) groups is 1. The van der Waals surface area contributed by atoms with Crippen molar-refractivity contribution in [1.29, 1.82) is 0 Å². The molecule has 0 heterocycles. The number of rotatable bonds is 5.